The number of ether oxygens (including phenoxy) is 3. The number of anilines is 1. The second-order valence-electron chi connectivity index (χ2n) is 10.6. The summed E-state index contributed by atoms with van der Waals surface area (Å²) >= 11 is 0. The average Bonchev–Trinajstić information content (AvgIpc) is 3.45. The summed E-state index contributed by atoms with van der Waals surface area (Å²) in [5.41, 5.74) is -1.01. The zero-order valence-electron chi connectivity index (χ0n) is 24.6. The number of hydrogen-bond donors (Lipinski definition) is 1. The minimum absolute atomic E-state index is 0.0174. The summed E-state index contributed by atoms with van der Waals surface area (Å²) in [7, 11) is 1.50. The first-order valence-electron chi connectivity index (χ1n) is 14.1. The average molecular weight is 628 g/mol. The first-order valence-corrected chi connectivity index (χ1v) is 14.1. The van der Waals surface area contributed by atoms with E-state index in [4.69, 9.17) is 14.2 Å². The van der Waals surface area contributed by atoms with Gasteiger partial charge in [0.25, 0.3) is 5.56 Å². The van der Waals surface area contributed by atoms with E-state index in [9.17, 15) is 22.8 Å². The summed E-state index contributed by atoms with van der Waals surface area (Å²) in [6, 6.07) is 15.3. The Morgan fingerprint density at radius 3 is 2.49 bits per heavy atom. The van der Waals surface area contributed by atoms with Crippen molar-refractivity contribution in [3.63, 3.8) is 0 Å². The molecule has 2 aromatic heterocycles. The highest BCUT2D eigenvalue weighted by atomic mass is 19.4. The van der Waals surface area contributed by atoms with Crippen molar-refractivity contribution in [1.29, 1.82) is 0 Å². The molecule has 0 bridgehead atoms. The summed E-state index contributed by atoms with van der Waals surface area (Å²) in [5, 5.41) is 14.8. The first kappa shape index (κ1) is 31.5. The highest BCUT2D eigenvalue weighted by molar-refractivity contribution is 5.68. The Kier molecular flexibility index (Phi) is 9.66. The summed E-state index contributed by atoms with van der Waals surface area (Å²) in [6.07, 6.45) is -2.61. The van der Waals surface area contributed by atoms with E-state index in [2.05, 4.69) is 20.7 Å². The standard InChI is InChI=1S/C30H32F3N7O5/c1-20(35-26-12-34-40(28(41)27(26)30(31,32)33)13-21-8-10-25(43-2)11-9-21)17-44-19-23-14-39(37-36-23)24-15-38(16-24)29(42)45-18-22-6-4-3-5-7-22/h3-12,14,20,24,35H,13,15-19H2,1-2H3. The van der Waals surface area contributed by atoms with Crippen molar-refractivity contribution >= 4 is 11.8 Å². The lowest BCUT2D eigenvalue weighted by Gasteiger charge is -2.37. The van der Waals surface area contributed by atoms with Crippen molar-refractivity contribution in [2.75, 3.05) is 32.1 Å². The van der Waals surface area contributed by atoms with E-state index >= 15 is 0 Å². The van der Waals surface area contributed by atoms with Crippen LogP contribution >= 0.6 is 0 Å². The SMILES string of the molecule is COc1ccc(Cn2ncc(NC(C)COCc3cn(C4CN(C(=O)OCc5ccccc5)C4)nn3)c(C(F)(F)F)c2=O)cc1. The Hall–Kier alpha value is -4.92. The molecule has 12 nitrogen and oxygen atoms in total. The third-order valence-corrected chi connectivity index (χ3v) is 7.10. The van der Waals surface area contributed by atoms with E-state index in [-0.39, 0.29) is 32.4 Å². The van der Waals surface area contributed by atoms with Crippen molar-refractivity contribution in [3.8, 4) is 5.75 Å². The fourth-order valence-electron chi connectivity index (χ4n) is 4.68. The number of halogens is 3. The second-order valence-corrected chi connectivity index (χ2v) is 10.6. The van der Waals surface area contributed by atoms with E-state index in [1.807, 2.05) is 30.3 Å². The van der Waals surface area contributed by atoms with Gasteiger partial charge in [-0.1, -0.05) is 47.7 Å². The molecule has 1 aliphatic rings. The van der Waals surface area contributed by atoms with E-state index in [0.717, 1.165) is 16.4 Å². The van der Waals surface area contributed by atoms with Crippen LogP contribution in [0.15, 0.2) is 71.8 Å². The molecule has 1 atom stereocenters. The molecule has 1 saturated heterocycles. The van der Waals surface area contributed by atoms with Crippen LogP contribution in [0.25, 0.3) is 0 Å². The van der Waals surface area contributed by atoms with Crippen LogP contribution in [-0.4, -0.2) is 68.6 Å². The maximum absolute atomic E-state index is 14.0. The summed E-state index contributed by atoms with van der Waals surface area (Å²) in [4.78, 5) is 26.7. The van der Waals surface area contributed by atoms with Crippen LogP contribution in [0.4, 0.5) is 23.7 Å². The Morgan fingerprint density at radius 2 is 1.80 bits per heavy atom. The number of carbonyl (C=O) groups is 1. The van der Waals surface area contributed by atoms with Crippen LogP contribution in [0.5, 0.6) is 5.75 Å². The number of hydrogen-bond acceptors (Lipinski definition) is 9. The Morgan fingerprint density at radius 1 is 1.07 bits per heavy atom. The van der Waals surface area contributed by atoms with Crippen LogP contribution in [0.2, 0.25) is 0 Å². The predicted molar refractivity (Wildman–Crippen MR) is 156 cm³/mol. The smallest absolute Gasteiger partial charge is 0.423 e. The number of rotatable bonds is 12. The van der Waals surface area contributed by atoms with E-state index in [1.54, 1.807) is 47.0 Å². The quantitative estimate of drug-likeness (QED) is 0.247. The second kappa shape index (κ2) is 13.8. The fraction of sp³-hybridized carbons (Fsp3) is 0.367. The van der Waals surface area contributed by atoms with Gasteiger partial charge in [-0.25, -0.2) is 14.2 Å². The molecule has 1 aliphatic heterocycles. The molecule has 0 saturated carbocycles. The topological polar surface area (TPSA) is 126 Å². The Labute approximate surface area is 256 Å². The molecule has 0 spiro atoms. The molecule has 0 radical (unpaired) electrons. The predicted octanol–water partition coefficient (Wildman–Crippen LogP) is 4.12. The number of amides is 1. The maximum atomic E-state index is 14.0. The molecule has 1 N–H and O–H groups in total. The number of likely N-dealkylation sites (tertiary alicyclic amines) is 1. The zero-order chi connectivity index (χ0) is 32.0. The molecule has 5 rings (SSSR count). The largest absolute Gasteiger partial charge is 0.497 e. The lowest BCUT2D eigenvalue weighted by Crippen LogP contribution is -2.51. The minimum atomic E-state index is -4.90. The molecule has 1 fully saturated rings. The van der Waals surface area contributed by atoms with Gasteiger partial charge in [0.15, 0.2) is 0 Å². The molecule has 2 aromatic carbocycles. The van der Waals surface area contributed by atoms with Gasteiger partial charge < -0.3 is 24.4 Å². The van der Waals surface area contributed by atoms with Gasteiger partial charge in [-0.3, -0.25) is 4.79 Å². The van der Waals surface area contributed by atoms with E-state index < -0.39 is 35.1 Å². The molecule has 15 heteroatoms. The monoisotopic (exact) mass is 627 g/mol. The molecular formula is C30H32F3N7O5. The van der Waals surface area contributed by atoms with Crippen molar-refractivity contribution in [2.24, 2.45) is 0 Å². The Bertz CT molecular complexity index is 1640. The Balaban J connectivity index is 1.10. The zero-order valence-corrected chi connectivity index (χ0v) is 24.6. The van der Waals surface area contributed by atoms with Crippen molar-refractivity contribution in [2.45, 2.75) is 44.9 Å². The molecule has 238 valence electrons. The fourth-order valence-corrected chi connectivity index (χ4v) is 4.68. The van der Waals surface area contributed by atoms with Gasteiger partial charge >= 0.3 is 12.3 Å². The van der Waals surface area contributed by atoms with Gasteiger partial charge in [-0.2, -0.15) is 18.3 Å². The number of nitrogens with zero attached hydrogens (tertiary/aromatic N) is 6. The summed E-state index contributed by atoms with van der Waals surface area (Å²) < 4.78 is 60.3. The van der Waals surface area contributed by atoms with Crippen molar-refractivity contribution in [1.82, 2.24) is 29.7 Å². The third kappa shape index (κ3) is 7.98. The first-order chi connectivity index (χ1) is 21.6. The number of alkyl halides is 3. The van der Waals surface area contributed by atoms with Crippen LogP contribution in [0, 0.1) is 0 Å². The van der Waals surface area contributed by atoms with Gasteiger partial charge in [0.05, 0.1) is 51.0 Å². The lowest BCUT2D eigenvalue weighted by atomic mass is 10.1. The molecule has 4 aromatic rings. The van der Waals surface area contributed by atoms with Crippen LogP contribution in [0.1, 0.15) is 35.3 Å². The molecule has 3 heterocycles. The highest BCUT2D eigenvalue weighted by Crippen LogP contribution is 2.32. The summed E-state index contributed by atoms with van der Waals surface area (Å²) in [6.45, 7) is 2.61. The van der Waals surface area contributed by atoms with Gasteiger partial charge in [0, 0.05) is 19.1 Å². The van der Waals surface area contributed by atoms with Gasteiger partial charge in [0.2, 0.25) is 0 Å². The van der Waals surface area contributed by atoms with Gasteiger partial charge in [-0.05, 0) is 30.2 Å². The lowest BCUT2D eigenvalue weighted by molar-refractivity contribution is -0.138. The number of aromatic nitrogens is 5. The molecule has 1 unspecified atom stereocenters. The summed E-state index contributed by atoms with van der Waals surface area (Å²) in [5.74, 6) is 0.582. The van der Waals surface area contributed by atoms with Crippen LogP contribution in [-0.2, 0) is 35.4 Å². The third-order valence-electron chi connectivity index (χ3n) is 7.10. The normalized spacial score (nSPS) is 14.1. The number of nitrogens with one attached hydrogen (secondary N) is 1. The van der Waals surface area contributed by atoms with E-state index in [0.29, 0.717) is 30.1 Å². The number of carbonyl (C=O) groups excluding carboxylic acids is 1. The number of benzene rings is 2. The maximum Gasteiger partial charge on any atom is 0.423 e. The molecule has 1 amide bonds. The van der Waals surface area contributed by atoms with E-state index in [1.165, 1.54) is 7.11 Å². The number of methoxy groups -OCH3 is 1. The van der Waals surface area contributed by atoms with Crippen LogP contribution in [0.3, 0.4) is 0 Å². The molecular weight excluding hydrogens is 595 g/mol. The van der Waals surface area contributed by atoms with Crippen molar-refractivity contribution < 1.29 is 32.2 Å². The van der Waals surface area contributed by atoms with Crippen LogP contribution < -0.4 is 15.6 Å². The van der Waals surface area contributed by atoms with Crippen molar-refractivity contribution in [3.05, 3.63) is 99.7 Å². The molecule has 0 aliphatic carbocycles. The highest BCUT2D eigenvalue weighted by Gasteiger charge is 2.38. The van der Waals surface area contributed by atoms with Gasteiger partial charge in [0.1, 0.15) is 23.6 Å². The minimum Gasteiger partial charge on any atom is -0.497 e. The molecule has 45 heavy (non-hydrogen) atoms. The van der Waals surface area contributed by atoms with Gasteiger partial charge in [-0.15, -0.1) is 5.10 Å².